The van der Waals surface area contributed by atoms with Crippen molar-refractivity contribution >= 4 is 38.4 Å². The highest BCUT2D eigenvalue weighted by Gasteiger charge is 2.11. The van der Waals surface area contributed by atoms with Gasteiger partial charge in [0, 0.05) is 31.1 Å². The molecular formula is C17H18N4O2S. The number of nitrogens with zero attached hydrogens (tertiary/aromatic N) is 3. The topological polar surface area (TPSA) is 76.9 Å². The maximum Gasteiger partial charge on any atom is 0.226 e. The van der Waals surface area contributed by atoms with E-state index in [0.717, 1.165) is 21.6 Å². The predicted octanol–water partition coefficient (Wildman–Crippen LogP) is 3.11. The Balaban J connectivity index is 1.65. The number of rotatable bonds is 5. The summed E-state index contributed by atoms with van der Waals surface area (Å²) in [6.07, 6.45) is 0.942. The van der Waals surface area contributed by atoms with Gasteiger partial charge in [-0.05, 0) is 38.1 Å². The quantitative estimate of drug-likeness (QED) is 0.723. The van der Waals surface area contributed by atoms with Crippen LogP contribution in [0.15, 0.2) is 24.3 Å². The lowest BCUT2D eigenvalue weighted by Gasteiger charge is -1.99. The molecule has 7 heteroatoms. The van der Waals surface area contributed by atoms with Gasteiger partial charge in [-0.25, -0.2) is 4.98 Å². The lowest BCUT2D eigenvalue weighted by Crippen LogP contribution is -2.12. The van der Waals surface area contributed by atoms with E-state index in [9.17, 15) is 9.59 Å². The van der Waals surface area contributed by atoms with Crippen LogP contribution in [0, 0.1) is 6.92 Å². The number of carbonyl (C=O) groups excluding carboxylic acids is 2. The number of anilines is 1. The molecule has 1 aromatic carbocycles. The van der Waals surface area contributed by atoms with Gasteiger partial charge in [0.05, 0.1) is 15.9 Å². The number of hydrogen-bond acceptors (Lipinski definition) is 5. The molecule has 0 aliphatic rings. The first kappa shape index (κ1) is 16.3. The highest BCUT2D eigenvalue weighted by molar-refractivity contribution is 7.22. The van der Waals surface area contributed by atoms with Crippen LogP contribution in [0.25, 0.3) is 10.2 Å². The average molecular weight is 342 g/mol. The van der Waals surface area contributed by atoms with E-state index in [-0.39, 0.29) is 11.7 Å². The summed E-state index contributed by atoms with van der Waals surface area (Å²) in [5.74, 6) is -0.0781. The Labute approximate surface area is 143 Å². The minimum atomic E-state index is -0.0934. The van der Waals surface area contributed by atoms with Gasteiger partial charge in [-0.2, -0.15) is 5.10 Å². The number of thiazole rings is 1. The minimum Gasteiger partial charge on any atom is -0.302 e. The number of hydrogen-bond donors (Lipinski definition) is 1. The number of ketones is 1. The molecule has 0 spiro atoms. The Kier molecular flexibility index (Phi) is 4.44. The minimum absolute atomic E-state index is 0.0153. The Morgan fingerprint density at radius 1 is 1.29 bits per heavy atom. The van der Waals surface area contributed by atoms with Crippen LogP contribution in [0.3, 0.4) is 0 Å². The molecule has 6 nitrogen and oxygen atoms in total. The molecule has 0 saturated carbocycles. The Bertz CT molecular complexity index is 906. The zero-order chi connectivity index (χ0) is 17.3. The monoisotopic (exact) mass is 342 g/mol. The zero-order valence-corrected chi connectivity index (χ0v) is 14.6. The van der Waals surface area contributed by atoms with Crippen LogP contribution in [-0.2, 0) is 18.3 Å². The van der Waals surface area contributed by atoms with E-state index in [1.165, 1.54) is 18.3 Å². The fourth-order valence-electron chi connectivity index (χ4n) is 2.38. The van der Waals surface area contributed by atoms with Crippen LogP contribution >= 0.6 is 11.3 Å². The zero-order valence-electron chi connectivity index (χ0n) is 13.8. The second kappa shape index (κ2) is 6.52. The van der Waals surface area contributed by atoms with Crippen molar-refractivity contribution in [3.8, 4) is 0 Å². The number of aryl methyl sites for hydroxylation is 3. The lowest BCUT2D eigenvalue weighted by molar-refractivity contribution is -0.116. The van der Waals surface area contributed by atoms with E-state index >= 15 is 0 Å². The third kappa shape index (κ3) is 3.51. The van der Waals surface area contributed by atoms with Crippen LogP contribution < -0.4 is 5.32 Å². The summed E-state index contributed by atoms with van der Waals surface area (Å²) in [5, 5.41) is 7.71. The number of Topliss-reactive ketones (excluding diaryl/α,β-unsaturated/α-hetero) is 1. The van der Waals surface area contributed by atoms with Gasteiger partial charge in [-0.3, -0.25) is 14.3 Å². The second-order valence-corrected chi connectivity index (χ2v) is 6.74. The van der Waals surface area contributed by atoms with E-state index < -0.39 is 0 Å². The SMILES string of the molecule is CC(=O)c1ccc2nc(NC(=O)CCc3cc(C)n(C)n3)sc2c1. The molecule has 24 heavy (non-hydrogen) atoms. The molecule has 0 aliphatic heterocycles. The number of benzene rings is 1. The number of nitrogens with one attached hydrogen (secondary N) is 1. The molecule has 2 aromatic heterocycles. The van der Waals surface area contributed by atoms with Crippen LogP contribution in [0.4, 0.5) is 5.13 Å². The van der Waals surface area contributed by atoms with Crippen molar-refractivity contribution in [2.45, 2.75) is 26.7 Å². The van der Waals surface area contributed by atoms with Crippen LogP contribution in [0.2, 0.25) is 0 Å². The van der Waals surface area contributed by atoms with Gasteiger partial charge in [0.2, 0.25) is 5.91 Å². The van der Waals surface area contributed by atoms with Gasteiger partial charge in [0.1, 0.15) is 0 Å². The van der Waals surface area contributed by atoms with Crippen molar-refractivity contribution < 1.29 is 9.59 Å². The number of fused-ring (bicyclic) bond motifs is 1. The molecule has 3 rings (SSSR count). The normalized spacial score (nSPS) is 11.0. The number of amides is 1. The molecule has 1 amide bonds. The molecule has 0 unspecified atom stereocenters. The molecule has 0 fully saturated rings. The smallest absolute Gasteiger partial charge is 0.226 e. The molecule has 0 saturated heterocycles. The summed E-state index contributed by atoms with van der Waals surface area (Å²) < 4.78 is 2.69. The van der Waals surface area contributed by atoms with E-state index in [0.29, 0.717) is 23.5 Å². The van der Waals surface area contributed by atoms with Gasteiger partial charge in [0.15, 0.2) is 10.9 Å². The fraction of sp³-hybridized carbons (Fsp3) is 0.294. The molecule has 2 heterocycles. The fourth-order valence-corrected chi connectivity index (χ4v) is 3.30. The van der Waals surface area contributed by atoms with Crippen LogP contribution in [-0.4, -0.2) is 26.5 Å². The Morgan fingerprint density at radius 3 is 2.75 bits per heavy atom. The number of aromatic nitrogens is 3. The molecule has 0 atom stereocenters. The van der Waals surface area contributed by atoms with Gasteiger partial charge in [-0.15, -0.1) is 0 Å². The molecule has 0 aliphatic carbocycles. The van der Waals surface area contributed by atoms with Crippen molar-refractivity contribution in [1.29, 1.82) is 0 Å². The third-order valence-corrected chi connectivity index (χ3v) is 4.75. The van der Waals surface area contributed by atoms with Crippen LogP contribution in [0.5, 0.6) is 0 Å². The third-order valence-electron chi connectivity index (χ3n) is 3.81. The molecule has 1 N–H and O–H groups in total. The highest BCUT2D eigenvalue weighted by Crippen LogP contribution is 2.27. The van der Waals surface area contributed by atoms with Crippen molar-refractivity contribution in [1.82, 2.24) is 14.8 Å². The summed E-state index contributed by atoms with van der Waals surface area (Å²) in [6, 6.07) is 7.34. The van der Waals surface area contributed by atoms with Crippen molar-refractivity contribution in [2.75, 3.05) is 5.32 Å². The summed E-state index contributed by atoms with van der Waals surface area (Å²) in [5.41, 5.74) is 3.40. The first-order valence-corrected chi connectivity index (χ1v) is 8.45. The molecular weight excluding hydrogens is 324 g/mol. The van der Waals surface area contributed by atoms with Gasteiger partial charge >= 0.3 is 0 Å². The standard InChI is InChI=1S/C17H18N4O2S/c1-10-8-13(20-21(10)3)5-7-16(23)19-17-18-14-6-4-12(11(2)22)9-15(14)24-17/h4,6,8-9H,5,7H2,1-3H3,(H,18,19,23). The van der Waals surface area contributed by atoms with Crippen molar-refractivity contribution in [2.24, 2.45) is 7.05 Å². The molecule has 3 aromatic rings. The summed E-state index contributed by atoms with van der Waals surface area (Å²) in [7, 11) is 1.88. The van der Waals surface area contributed by atoms with Gasteiger partial charge < -0.3 is 5.32 Å². The summed E-state index contributed by atoms with van der Waals surface area (Å²) in [4.78, 5) is 27.9. The number of carbonyl (C=O) groups is 2. The summed E-state index contributed by atoms with van der Waals surface area (Å²) in [6.45, 7) is 3.51. The highest BCUT2D eigenvalue weighted by atomic mass is 32.1. The van der Waals surface area contributed by atoms with E-state index in [1.54, 1.807) is 16.8 Å². The molecule has 124 valence electrons. The lowest BCUT2D eigenvalue weighted by atomic mass is 10.1. The average Bonchev–Trinajstić information content (AvgIpc) is 3.07. The van der Waals surface area contributed by atoms with Crippen molar-refractivity contribution in [3.63, 3.8) is 0 Å². The van der Waals surface area contributed by atoms with E-state index in [2.05, 4.69) is 15.4 Å². The second-order valence-electron chi connectivity index (χ2n) is 5.71. The van der Waals surface area contributed by atoms with E-state index in [1.807, 2.05) is 26.1 Å². The maximum atomic E-state index is 12.1. The van der Waals surface area contributed by atoms with Crippen LogP contribution in [0.1, 0.15) is 35.1 Å². The molecule has 0 radical (unpaired) electrons. The Hall–Kier alpha value is -2.54. The van der Waals surface area contributed by atoms with Gasteiger partial charge in [0.25, 0.3) is 0 Å². The Morgan fingerprint density at radius 2 is 2.08 bits per heavy atom. The first-order chi connectivity index (χ1) is 11.4. The largest absolute Gasteiger partial charge is 0.302 e. The predicted molar refractivity (Wildman–Crippen MR) is 94.5 cm³/mol. The first-order valence-electron chi connectivity index (χ1n) is 7.63. The van der Waals surface area contributed by atoms with Crippen molar-refractivity contribution in [3.05, 3.63) is 41.2 Å². The maximum absolute atomic E-state index is 12.1. The summed E-state index contributed by atoms with van der Waals surface area (Å²) >= 11 is 1.37. The van der Waals surface area contributed by atoms with Gasteiger partial charge in [-0.1, -0.05) is 11.3 Å². The van der Waals surface area contributed by atoms with E-state index in [4.69, 9.17) is 0 Å². The molecule has 0 bridgehead atoms.